The Morgan fingerprint density at radius 1 is 1.57 bits per heavy atom. The molecule has 0 radical (unpaired) electrons. The molecule has 3 nitrogen and oxygen atoms in total. The third kappa shape index (κ3) is 2.47. The molecule has 14 heavy (non-hydrogen) atoms. The van der Waals surface area contributed by atoms with Crippen molar-refractivity contribution in [3.05, 3.63) is 11.6 Å². The molecule has 0 aliphatic carbocycles. The van der Waals surface area contributed by atoms with Gasteiger partial charge >= 0.3 is 6.18 Å². The van der Waals surface area contributed by atoms with Crippen LogP contribution < -0.4 is 5.73 Å². The Bertz CT molecular complexity index is 260. The third-order valence-corrected chi connectivity index (χ3v) is 2.10. The molecule has 0 saturated heterocycles. The SMILES string of the molecule is NCC(=O)N1CC=C(C(F)(F)F)CC1. The Kier molecular flexibility index (Phi) is 3.15. The van der Waals surface area contributed by atoms with E-state index in [0.29, 0.717) is 0 Å². The van der Waals surface area contributed by atoms with Crippen molar-refractivity contribution < 1.29 is 18.0 Å². The molecule has 0 fully saturated rings. The summed E-state index contributed by atoms with van der Waals surface area (Å²) in [5.74, 6) is -0.317. The van der Waals surface area contributed by atoms with Gasteiger partial charge in [-0.15, -0.1) is 0 Å². The minimum absolute atomic E-state index is 0.00484. The van der Waals surface area contributed by atoms with Crippen LogP contribution in [0.1, 0.15) is 6.42 Å². The predicted octanol–water partition coefficient (Wildman–Crippen LogP) is 0.666. The van der Waals surface area contributed by atoms with E-state index in [2.05, 4.69) is 0 Å². The number of halogens is 3. The second-order valence-electron chi connectivity index (χ2n) is 3.02. The Balaban J connectivity index is 2.60. The summed E-state index contributed by atoms with van der Waals surface area (Å²) in [6.07, 6.45) is -3.37. The van der Waals surface area contributed by atoms with E-state index in [4.69, 9.17) is 5.73 Å². The normalized spacial score (nSPS) is 18.0. The van der Waals surface area contributed by atoms with Crippen LogP contribution in [0.2, 0.25) is 0 Å². The van der Waals surface area contributed by atoms with Gasteiger partial charge in [0.05, 0.1) is 6.54 Å². The fourth-order valence-corrected chi connectivity index (χ4v) is 1.28. The van der Waals surface area contributed by atoms with Gasteiger partial charge in [0, 0.05) is 18.7 Å². The molecule has 1 amide bonds. The van der Waals surface area contributed by atoms with Gasteiger partial charge in [-0.2, -0.15) is 13.2 Å². The highest BCUT2D eigenvalue weighted by Gasteiger charge is 2.35. The molecular formula is C8H11F3N2O. The highest BCUT2D eigenvalue weighted by atomic mass is 19.4. The van der Waals surface area contributed by atoms with Crippen molar-refractivity contribution in [3.63, 3.8) is 0 Å². The van der Waals surface area contributed by atoms with E-state index < -0.39 is 11.7 Å². The van der Waals surface area contributed by atoms with Crippen molar-refractivity contribution in [2.75, 3.05) is 19.6 Å². The van der Waals surface area contributed by atoms with Gasteiger partial charge in [-0.3, -0.25) is 4.79 Å². The van der Waals surface area contributed by atoms with Crippen molar-refractivity contribution in [2.24, 2.45) is 5.73 Å². The van der Waals surface area contributed by atoms with E-state index in [-0.39, 0.29) is 32.0 Å². The lowest BCUT2D eigenvalue weighted by Gasteiger charge is -2.26. The molecule has 6 heteroatoms. The fourth-order valence-electron chi connectivity index (χ4n) is 1.28. The Morgan fingerprint density at radius 3 is 2.57 bits per heavy atom. The number of hydrogen-bond donors (Lipinski definition) is 1. The van der Waals surface area contributed by atoms with Crippen molar-refractivity contribution >= 4 is 5.91 Å². The first-order chi connectivity index (χ1) is 6.45. The Hall–Kier alpha value is -1.04. The van der Waals surface area contributed by atoms with Crippen molar-refractivity contribution in [2.45, 2.75) is 12.6 Å². The van der Waals surface area contributed by atoms with E-state index in [1.54, 1.807) is 0 Å². The number of carbonyl (C=O) groups excluding carboxylic acids is 1. The van der Waals surface area contributed by atoms with Crippen LogP contribution in [0.5, 0.6) is 0 Å². The quantitative estimate of drug-likeness (QED) is 0.643. The molecule has 0 spiro atoms. The maximum Gasteiger partial charge on any atom is 0.412 e. The number of carbonyl (C=O) groups is 1. The van der Waals surface area contributed by atoms with Crippen LogP contribution in [-0.4, -0.2) is 36.6 Å². The molecule has 0 aromatic rings. The lowest BCUT2D eigenvalue weighted by atomic mass is 10.1. The van der Waals surface area contributed by atoms with Gasteiger partial charge in [0.1, 0.15) is 0 Å². The van der Waals surface area contributed by atoms with Gasteiger partial charge in [0.15, 0.2) is 0 Å². The summed E-state index contributed by atoms with van der Waals surface area (Å²) >= 11 is 0. The number of alkyl halides is 3. The zero-order valence-electron chi connectivity index (χ0n) is 7.47. The molecule has 1 aliphatic heterocycles. The monoisotopic (exact) mass is 208 g/mol. The molecule has 1 rings (SSSR count). The summed E-state index contributed by atoms with van der Waals surface area (Å²) in [7, 11) is 0. The highest BCUT2D eigenvalue weighted by Crippen LogP contribution is 2.29. The molecule has 1 aliphatic rings. The Labute approximate surface area is 79.4 Å². The van der Waals surface area contributed by atoms with E-state index >= 15 is 0 Å². The standard InChI is InChI=1S/C8H11F3N2O/c9-8(10,11)6-1-3-13(4-2-6)7(14)5-12/h1H,2-5,12H2. The van der Waals surface area contributed by atoms with Crippen LogP contribution in [0.4, 0.5) is 13.2 Å². The molecule has 80 valence electrons. The van der Waals surface area contributed by atoms with Crippen molar-refractivity contribution in [1.82, 2.24) is 4.90 Å². The van der Waals surface area contributed by atoms with Crippen LogP contribution in [0.15, 0.2) is 11.6 Å². The molecule has 2 N–H and O–H groups in total. The second kappa shape index (κ2) is 4.00. The van der Waals surface area contributed by atoms with Gasteiger partial charge in [-0.25, -0.2) is 0 Å². The summed E-state index contributed by atoms with van der Waals surface area (Å²) in [6.45, 7) is -0.0541. The topological polar surface area (TPSA) is 46.3 Å². The van der Waals surface area contributed by atoms with Gasteiger partial charge in [-0.1, -0.05) is 6.08 Å². The van der Waals surface area contributed by atoms with E-state index in [0.717, 1.165) is 6.08 Å². The van der Waals surface area contributed by atoms with Crippen LogP contribution >= 0.6 is 0 Å². The largest absolute Gasteiger partial charge is 0.412 e. The molecule has 0 atom stereocenters. The lowest BCUT2D eigenvalue weighted by Crippen LogP contribution is -2.40. The van der Waals surface area contributed by atoms with Gasteiger partial charge in [0.25, 0.3) is 0 Å². The lowest BCUT2D eigenvalue weighted by molar-refractivity contribution is -0.130. The zero-order valence-corrected chi connectivity index (χ0v) is 7.47. The Morgan fingerprint density at radius 2 is 2.21 bits per heavy atom. The minimum atomic E-state index is -4.27. The first kappa shape index (κ1) is 11.0. The van der Waals surface area contributed by atoms with E-state index in [9.17, 15) is 18.0 Å². The molecular weight excluding hydrogens is 197 g/mol. The summed E-state index contributed by atoms with van der Waals surface area (Å²) in [6, 6.07) is 0. The second-order valence-corrected chi connectivity index (χ2v) is 3.02. The summed E-state index contributed by atoms with van der Waals surface area (Å²) in [5, 5.41) is 0. The molecule has 0 saturated carbocycles. The molecule has 1 heterocycles. The van der Waals surface area contributed by atoms with Crippen molar-refractivity contribution in [1.29, 1.82) is 0 Å². The molecule has 0 aromatic carbocycles. The molecule has 0 bridgehead atoms. The third-order valence-electron chi connectivity index (χ3n) is 2.10. The van der Waals surface area contributed by atoms with Gasteiger partial charge < -0.3 is 10.6 Å². The first-order valence-electron chi connectivity index (χ1n) is 4.19. The smallest absolute Gasteiger partial charge is 0.338 e. The van der Waals surface area contributed by atoms with Crippen molar-refractivity contribution in [3.8, 4) is 0 Å². The van der Waals surface area contributed by atoms with Crippen LogP contribution in [0.25, 0.3) is 0 Å². The fraction of sp³-hybridized carbons (Fsp3) is 0.625. The number of nitrogens with two attached hydrogens (primary N) is 1. The summed E-state index contributed by atoms with van der Waals surface area (Å²) < 4.78 is 36.5. The number of amides is 1. The highest BCUT2D eigenvalue weighted by molar-refractivity contribution is 5.78. The molecule has 0 unspecified atom stereocenters. The van der Waals surface area contributed by atoms with Gasteiger partial charge in [0.2, 0.25) is 5.91 Å². The maximum absolute atomic E-state index is 12.2. The maximum atomic E-state index is 12.2. The van der Waals surface area contributed by atoms with E-state index in [1.165, 1.54) is 4.90 Å². The zero-order chi connectivity index (χ0) is 10.8. The number of nitrogens with zero attached hydrogens (tertiary/aromatic N) is 1. The van der Waals surface area contributed by atoms with Crippen LogP contribution in [-0.2, 0) is 4.79 Å². The van der Waals surface area contributed by atoms with Gasteiger partial charge in [-0.05, 0) is 6.42 Å². The average molecular weight is 208 g/mol. The number of rotatable bonds is 1. The summed E-state index contributed by atoms with van der Waals surface area (Å²) in [5.41, 5.74) is 4.53. The number of hydrogen-bond acceptors (Lipinski definition) is 2. The minimum Gasteiger partial charge on any atom is -0.338 e. The van der Waals surface area contributed by atoms with Crippen LogP contribution in [0, 0.1) is 0 Å². The first-order valence-corrected chi connectivity index (χ1v) is 4.19. The van der Waals surface area contributed by atoms with E-state index in [1.807, 2.05) is 0 Å². The average Bonchev–Trinajstić information content (AvgIpc) is 2.15. The summed E-state index contributed by atoms with van der Waals surface area (Å²) in [4.78, 5) is 12.3. The molecule has 0 aromatic heterocycles. The predicted molar refractivity (Wildman–Crippen MR) is 44.4 cm³/mol. The van der Waals surface area contributed by atoms with Crippen LogP contribution in [0.3, 0.4) is 0 Å².